The van der Waals surface area contributed by atoms with Crippen LogP contribution in [0.4, 0.5) is 14.9 Å². The number of imide groups is 2. The summed E-state index contributed by atoms with van der Waals surface area (Å²) in [4.78, 5) is 37.7. The van der Waals surface area contributed by atoms with Gasteiger partial charge in [0.2, 0.25) is 0 Å². The summed E-state index contributed by atoms with van der Waals surface area (Å²) in [6.07, 6.45) is 1.39. The Morgan fingerprint density at radius 3 is 2.42 bits per heavy atom. The van der Waals surface area contributed by atoms with E-state index in [2.05, 4.69) is 27.9 Å². The summed E-state index contributed by atoms with van der Waals surface area (Å²) in [5.74, 6) is -1.41. The Kier molecular flexibility index (Phi) is 5.03. The second-order valence-electron chi connectivity index (χ2n) is 5.33. The summed E-state index contributed by atoms with van der Waals surface area (Å²) in [5.41, 5.74) is 0.564. The van der Waals surface area contributed by atoms with Gasteiger partial charge < -0.3 is 4.74 Å². The maximum absolute atomic E-state index is 13.1. The number of rotatable bonds is 3. The van der Waals surface area contributed by atoms with Gasteiger partial charge in [0.25, 0.3) is 11.8 Å². The molecule has 4 amide bonds. The van der Waals surface area contributed by atoms with E-state index in [1.54, 1.807) is 25.3 Å². The number of carbonyl (C=O) groups excluding carboxylic acids is 3. The van der Waals surface area contributed by atoms with Crippen LogP contribution in [0.25, 0.3) is 6.08 Å². The lowest BCUT2D eigenvalue weighted by molar-refractivity contribution is -0.122. The van der Waals surface area contributed by atoms with Crippen molar-refractivity contribution in [3.63, 3.8) is 0 Å². The highest BCUT2D eigenvalue weighted by Gasteiger charge is 2.36. The van der Waals surface area contributed by atoms with Gasteiger partial charge in [-0.3, -0.25) is 14.9 Å². The molecule has 1 saturated heterocycles. The lowest BCUT2D eigenvalue weighted by Gasteiger charge is -2.26. The van der Waals surface area contributed by atoms with Crippen LogP contribution in [0.1, 0.15) is 5.56 Å². The number of hydrogen-bond acceptors (Lipinski definition) is 4. The van der Waals surface area contributed by atoms with Crippen molar-refractivity contribution in [1.29, 1.82) is 0 Å². The molecule has 0 aliphatic carbocycles. The van der Waals surface area contributed by atoms with E-state index in [1.807, 2.05) is 0 Å². The predicted octanol–water partition coefficient (Wildman–Crippen LogP) is 3.11. The first-order valence-electron chi connectivity index (χ1n) is 7.41. The normalized spacial score (nSPS) is 16.0. The SMILES string of the molecule is COc1ccc(/C=C2\C(=O)NC(=O)N(c3ccc(F)cc3)C2=O)cc1I. The molecule has 26 heavy (non-hydrogen) atoms. The molecule has 1 aliphatic heterocycles. The van der Waals surface area contributed by atoms with E-state index in [-0.39, 0.29) is 11.3 Å². The molecule has 0 bridgehead atoms. The fourth-order valence-electron chi connectivity index (χ4n) is 2.42. The molecule has 0 radical (unpaired) electrons. The molecular weight excluding hydrogens is 454 g/mol. The number of anilines is 1. The molecule has 3 rings (SSSR count). The van der Waals surface area contributed by atoms with Gasteiger partial charge in [0, 0.05) is 0 Å². The number of hydrogen-bond donors (Lipinski definition) is 1. The van der Waals surface area contributed by atoms with Gasteiger partial charge in [-0.05, 0) is 70.6 Å². The van der Waals surface area contributed by atoms with Crippen molar-refractivity contribution in [3.05, 3.63) is 63.0 Å². The van der Waals surface area contributed by atoms with Crippen molar-refractivity contribution in [2.24, 2.45) is 0 Å². The Balaban J connectivity index is 1.99. The molecule has 8 heteroatoms. The maximum Gasteiger partial charge on any atom is 0.335 e. The number of carbonyl (C=O) groups is 3. The summed E-state index contributed by atoms with van der Waals surface area (Å²) < 4.78 is 19.1. The smallest absolute Gasteiger partial charge is 0.335 e. The van der Waals surface area contributed by atoms with Crippen molar-refractivity contribution in [3.8, 4) is 5.75 Å². The number of amides is 4. The van der Waals surface area contributed by atoms with Crippen LogP contribution in [-0.2, 0) is 9.59 Å². The fourth-order valence-corrected chi connectivity index (χ4v) is 3.18. The van der Waals surface area contributed by atoms with Crippen molar-refractivity contribution < 1.29 is 23.5 Å². The van der Waals surface area contributed by atoms with Gasteiger partial charge in [0.05, 0.1) is 16.4 Å². The number of methoxy groups -OCH3 is 1. The van der Waals surface area contributed by atoms with Crippen LogP contribution in [0.15, 0.2) is 48.0 Å². The van der Waals surface area contributed by atoms with Gasteiger partial charge in [-0.25, -0.2) is 14.1 Å². The van der Waals surface area contributed by atoms with E-state index in [1.165, 1.54) is 18.2 Å². The van der Waals surface area contributed by atoms with Crippen molar-refractivity contribution in [2.75, 3.05) is 12.0 Å². The summed E-state index contributed by atoms with van der Waals surface area (Å²) in [6, 6.07) is 9.09. The minimum atomic E-state index is -0.881. The first-order chi connectivity index (χ1) is 12.4. The van der Waals surface area contributed by atoms with E-state index < -0.39 is 23.7 Å². The van der Waals surface area contributed by atoms with Gasteiger partial charge >= 0.3 is 6.03 Å². The van der Waals surface area contributed by atoms with Crippen molar-refractivity contribution in [2.45, 2.75) is 0 Å². The molecule has 132 valence electrons. The highest BCUT2D eigenvalue weighted by Crippen LogP contribution is 2.25. The van der Waals surface area contributed by atoms with Crippen LogP contribution < -0.4 is 15.0 Å². The monoisotopic (exact) mass is 466 g/mol. The third-order valence-electron chi connectivity index (χ3n) is 3.67. The Morgan fingerprint density at radius 2 is 1.81 bits per heavy atom. The van der Waals surface area contributed by atoms with Gasteiger partial charge in [-0.15, -0.1) is 0 Å². The molecule has 1 heterocycles. The van der Waals surface area contributed by atoms with E-state index in [4.69, 9.17) is 4.74 Å². The molecule has 0 aromatic heterocycles. The minimum absolute atomic E-state index is 0.164. The largest absolute Gasteiger partial charge is 0.496 e. The van der Waals surface area contributed by atoms with Crippen molar-refractivity contribution in [1.82, 2.24) is 5.32 Å². The topological polar surface area (TPSA) is 75.7 Å². The van der Waals surface area contributed by atoms with Crippen LogP contribution in [0.2, 0.25) is 0 Å². The standard InChI is InChI=1S/C18H12FIN2O4/c1-26-15-7-2-10(9-14(15)20)8-13-16(23)21-18(25)22(17(13)24)12-5-3-11(19)4-6-12/h2-9H,1H3,(H,21,23,25)/b13-8+. The second-order valence-corrected chi connectivity index (χ2v) is 6.49. The maximum atomic E-state index is 13.1. The summed E-state index contributed by atoms with van der Waals surface area (Å²) in [6.45, 7) is 0. The predicted molar refractivity (Wildman–Crippen MR) is 101 cm³/mol. The van der Waals surface area contributed by atoms with E-state index in [9.17, 15) is 18.8 Å². The summed E-state index contributed by atoms with van der Waals surface area (Å²) in [7, 11) is 1.54. The van der Waals surface area contributed by atoms with E-state index >= 15 is 0 Å². The third kappa shape index (κ3) is 3.45. The number of halogens is 2. The van der Waals surface area contributed by atoms with Gasteiger partial charge in [-0.2, -0.15) is 0 Å². The van der Waals surface area contributed by atoms with Gasteiger partial charge in [-0.1, -0.05) is 6.07 Å². The van der Waals surface area contributed by atoms with Crippen molar-refractivity contribution >= 4 is 52.2 Å². The molecule has 1 aliphatic rings. The highest BCUT2D eigenvalue weighted by molar-refractivity contribution is 14.1. The molecule has 1 N–H and O–H groups in total. The zero-order chi connectivity index (χ0) is 18.8. The Labute approximate surface area is 161 Å². The average Bonchev–Trinajstić information content (AvgIpc) is 2.60. The van der Waals surface area contributed by atoms with Crippen LogP contribution in [0, 0.1) is 9.39 Å². The van der Waals surface area contributed by atoms with Crippen LogP contribution in [0.5, 0.6) is 5.75 Å². The van der Waals surface area contributed by atoms with E-state index in [0.717, 1.165) is 20.6 Å². The lowest BCUT2D eigenvalue weighted by Crippen LogP contribution is -2.54. The zero-order valence-corrected chi connectivity index (χ0v) is 15.6. The van der Waals surface area contributed by atoms with E-state index in [0.29, 0.717) is 11.3 Å². The summed E-state index contributed by atoms with van der Waals surface area (Å²) >= 11 is 2.07. The number of nitrogens with zero attached hydrogens (tertiary/aromatic N) is 1. The molecule has 6 nitrogen and oxygen atoms in total. The molecule has 0 unspecified atom stereocenters. The second kappa shape index (κ2) is 7.24. The number of ether oxygens (including phenoxy) is 1. The zero-order valence-electron chi connectivity index (χ0n) is 13.5. The number of barbiturate groups is 1. The first-order valence-corrected chi connectivity index (χ1v) is 8.49. The minimum Gasteiger partial charge on any atom is -0.496 e. The summed E-state index contributed by atoms with van der Waals surface area (Å²) in [5, 5.41) is 2.12. The lowest BCUT2D eigenvalue weighted by atomic mass is 10.1. The molecule has 2 aromatic carbocycles. The molecule has 2 aromatic rings. The molecule has 0 saturated carbocycles. The fraction of sp³-hybridized carbons (Fsp3) is 0.0556. The molecule has 0 spiro atoms. The number of benzene rings is 2. The van der Waals surface area contributed by atoms with Crippen LogP contribution in [0.3, 0.4) is 0 Å². The first kappa shape index (κ1) is 18.1. The highest BCUT2D eigenvalue weighted by atomic mass is 127. The molecular formula is C18H12FIN2O4. The third-order valence-corrected chi connectivity index (χ3v) is 4.52. The van der Waals surface area contributed by atoms with Crippen LogP contribution >= 0.6 is 22.6 Å². The van der Waals surface area contributed by atoms with Crippen LogP contribution in [-0.4, -0.2) is 25.0 Å². The Hall–Kier alpha value is -2.75. The molecule has 1 fully saturated rings. The van der Waals surface area contributed by atoms with Gasteiger partial charge in [0.15, 0.2) is 0 Å². The Morgan fingerprint density at radius 1 is 1.12 bits per heavy atom. The number of urea groups is 1. The molecule has 0 atom stereocenters. The quantitative estimate of drug-likeness (QED) is 0.429. The Bertz CT molecular complexity index is 941. The average molecular weight is 466 g/mol. The number of nitrogens with one attached hydrogen (secondary N) is 1. The van der Waals surface area contributed by atoms with Gasteiger partial charge in [0.1, 0.15) is 17.1 Å².